The van der Waals surface area contributed by atoms with Gasteiger partial charge in [-0.3, -0.25) is 9.78 Å². The maximum absolute atomic E-state index is 11.4. The van der Waals surface area contributed by atoms with Crippen LogP contribution in [-0.2, 0) is 11.2 Å². The van der Waals surface area contributed by atoms with Crippen molar-refractivity contribution >= 4 is 34.3 Å². The van der Waals surface area contributed by atoms with E-state index >= 15 is 0 Å². The molecule has 1 fully saturated rings. The van der Waals surface area contributed by atoms with Crippen LogP contribution in [0.5, 0.6) is 5.75 Å². The molecule has 0 aliphatic carbocycles. The maximum atomic E-state index is 11.4. The third kappa shape index (κ3) is 4.97. The number of nitrogens with zero attached hydrogens (tertiary/aromatic N) is 5. The average Bonchev–Trinajstić information content (AvgIpc) is 3.35. The number of fused-ring (bicyclic) bond motifs is 1. The zero-order valence-corrected chi connectivity index (χ0v) is 21.6. The minimum atomic E-state index is 0.0116. The zero-order valence-electron chi connectivity index (χ0n) is 21.6. The van der Waals surface area contributed by atoms with Crippen LogP contribution >= 0.6 is 0 Å². The molecule has 3 aromatic heterocycles. The summed E-state index contributed by atoms with van der Waals surface area (Å²) in [6.45, 7) is 5.23. The highest BCUT2D eigenvalue weighted by Gasteiger charge is 2.23. The summed E-state index contributed by atoms with van der Waals surface area (Å²) >= 11 is 0. The average molecular weight is 513 g/mol. The Balaban J connectivity index is 1.46. The number of rotatable bonds is 6. The fraction of sp³-hybridized carbons (Fsp3) is 0.286. The Morgan fingerprint density at radius 1 is 1.21 bits per heavy atom. The first kappa shape index (κ1) is 25.1. The van der Waals surface area contributed by atoms with Crippen LogP contribution in [0.4, 0.5) is 17.1 Å². The van der Waals surface area contributed by atoms with E-state index in [-0.39, 0.29) is 23.5 Å². The Kier molecular flexibility index (Phi) is 6.87. The first-order chi connectivity index (χ1) is 18.3. The number of benzene rings is 1. The van der Waals surface area contributed by atoms with E-state index in [1.54, 1.807) is 42.0 Å². The number of aryl methyl sites for hydroxylation is 1. The summed E-state index contributed by atoms with van der Waals surface area (Å²) in [5.74, 6) is 0.455. The molecular formula is C28H32N8O2. The van der Waals surface area contributed by atoms with E-state index < -0.39 is 0 Å². The summed E-state index contributed by atoms with van der Waals surface area (Å²) in [5, 5.41) is 17.4. The van der Waals surface area contributed by atoms with E-state index in [0.717, 1.165) is 53.8 Å². The standard InChI is InChI=1S/C28H32N8O2/c1-3-18-12-21(38)4-5-24(18)34-28(30)23-15-32-36-16-19(13-26(36)27(23)29)22-14-31-9-6-25(22)35-10-7-20(8-11-35)33-17(2)37/h4-6,9,12-16,20,38H,3,7-8,10-11,29H2,1-2H3,(H2,30,34)(H,33,37). The molecule has 38 heavy (non-hydrogen) atoms. The van der Waals surface area contributed by atoms with Crippen LogP contribution in [0.1, 0.15) is 37.8 Å². The number of amidine groups is 1. The summed E-state index contributed by atoms with van der Waals surface area (Å²) in [7, 11) is 0. The topological polar surface area (TPSA) is 147 Å². The highest BCUT2D eigenvalue weighted by Crippen LogP contribution is 2.34. The van der Waals surface area contributed by atoms with E-state index in [0.29, 0.717) is 23.4 Å². The van der Waals surface area contributed by atoms with Crippen LogP contribution in [0.3, 0.4) is 0 Å². The molecule has 0 atom stereocenters. The predicted molar refractivity (Wildman–Crippen MR) is 150 cm³/mol. The summed E-state index contributed by atoms with van der Waals surface area (Å²) < 4.78 is 1.74. The van der Waals surface area contributed by atoms with Gasteiger partial charge in [0.25, 0.3) is 0 Å². The van der Waals surface area contributed by atoms with Crippen molar-refractivity contribution in [2.24, 2.45) is 10.7 Å². The fourth-order valence-electron chi connectivity index (χ4n) is 5.02. The summed E-state index contributed by atoms with van der Waals surface area (Å²) in [6, 6.07) is 9.22. The lowest BCUT2D eigenvalue weighted by Crippen LogP contribution is -2.44. The van der Waals surface area contributed by atoms with Crippen LogP contribution in [0, 0.1) is 0 Å². The minimum absolute atomic E-state index is 0.0116. The van der Waals surface area contributed by atoms with Gasteiger partial charge in [-0.25, -0.2) is 9.51 Å². The van der Waals surface area contributed by atoms with Gasteiger partial charge in [-0.1, -0.05) is 6.92 Å². The van der Waals surface area contributed by atoms with Gasteiger partial charge in [-0.05, 0) is 55.2 Å². The molecule has 1 aromatic carbocycles. The van der Waals surface area contributed by atoms with Crippen molar-refractivity contribution in [1.82, 2.24) is 19.9 Å². The second-order valence-corrected chi connectivity index (χ2v) is 9.55. The molecule has 4 aromatic rings. The molecule has 0 spiro atoms. The highest BCUT2D eigenvalue weighted by atomic mass is 16.3. The molecule has 0 unspecified atom stereocenters. The van der Waals surface area contributed by atoms with E-state index in [1.165, 1.54) is 0 Å². The van der Waals surface area contributed by atoms with Gasteiger partial charge >= 0.3 is 0 Å². The van der Waals surface area contributed by atoms with Gasteiger partial charge in [0.2, 0.25) is 5.91 Å². The Labute approximate surface area is 221 Å². The molecule has 1 aliphatic rings. The number of piperidine rings is 1. The number of aromatic hydroxyl groups is 1. The minimum Gasteiger partial charge on any atom is -0.508 e. The van der Waals surface area contributed by atoms with Crippen molar-refractivity contribution in [3.8, 4) is 16.9 Å². The number of anilines is 2. The molecule has 4 heterocycles. The number of carbonyl (C=O) groups excluding carboxylic acids is 1. The monoisotopic (exact) mass is 512 g/mol. The smallest absolute Gasteiger partial charge is 0.217 e. The molecule has 10 heteroatoms. The van der Waals surface area contributed by atoms with Gasteiger partial charge < -0.3 is 26.8 Å². The van der Waals surface area contributed by atoms with E-state index in [4.69, 9.17) is 11.5 Å². The van der Waals surface area contributed by atoms with Crippen molar-refractivity contribution in [3.05, 3.63) is 66.2 Å². The van der Waals surface area contributed by atoms with Crippen LogP contribution in [-0.4, -0.2) is 50.6 Å². The predicted octanol–water partition coefficient (Wildman–Crippen LogP) is 3.39. The summed E-state index contributed by atoms with van der Waals surface area (Å²) in [4.78, 5) is 22.7. The second-order valence-electron chi connectivity index (χ2n) is 9.55. The third-order valence-corrected chi connectivity index (χ3v) is 6.99. The molecule has 6 N–H and O–H groups in total. The number of phenolic OH excluding ortho intramolecular Hbond substituents is 1. The van der Waals surface area contributed by atoms with Crippen molar-refractivity contribution in [2.45, 2.75) is 39.2 Å². The van der Waals surface area contributed by atoms with Crippen LogP contribution in [0.15, 0.2) is 60.1 Å². The van der Waals surface area contributed by atoms with Crippen LogP contribution in [0.25, 0.3) is 16.6 Å². The summed E-state index contributed by atoms with van der Waals surface area (Å²) in [6.07, 6.45) is 9.68. The number of aromatic nitrogens is 3. The number of nitrogen functional groups attached to an aromatic ring is 1. The number of nitrogens with one attached hydrogen (secondary N) is 1. The number of nitrogens with two attached hydrogens (primary N) is 2. The molecule has 0 saturated carbocycles. The van der Waals surface area contributed by atoms with Crippen molar-refractivity contribution in [1.29, 1.82) is 0 Å². The fourth-order valence-corrected chi connectivity index (χ4v) is 5.02. The molecule has 10 nitrogen and oxygen atoms in total. The lowest BCUT2D eigenvalue weighted by molar-refractivity contribution is -0.119. The van der Waals surface area contributed by atoms with Gasteiger partial charge in [-0.15, -0.1) is 0 Å². The van der Waals surface area contributed by atoms with Gasteiger partial charge in [0.05, 0.1) is 28.7 Å². The lowest BCUT2D eigenvalue weighted by Gasteiger charge is -2.34. The van der Waals surface area contributed by atoms with Gasteiger partial charge in [0.1, 0.15) is 11.6 Å². The van der Waals surface area contributed by atoms with Crippen LogP contribution in [0.2, 0.25) is 0 Å². The summed E-state index contributed by atoms with van der Waals surface area (Å²) in [5.41, 5.74) is 19.3. The first-order valence-corrected chi connectivity index (χ1v) is 12.7. The molecule has 196 valence electrons. The number of phenols is 1. The Hall–Kier alpha value is -4.60. The number of pyridine rings is 1. The third-order valence-electron chi connectivity index (χ3n) is 6.99. The van der Waals surface area contributed by atoms with E-state index in [9.17, 15) is 9.90 Å². The molecule has 1 amide bonds. The van der Waals surface area contributed by atoms with Crippen molar-refractivity contribution in [3.63, 3.8) is 0 Å². The van der Waals surface area contributed by atoms with Crippen molar-refractivity contribution in [2.75, 3.05) is 23.7 Å². The van der Waals surface area contributed by atoms with E-state index in [2.05, 4.69) is 25.3 Å². The quantitative estimate of drug-likeness (QED) is 0.229. The Bertz CT molecular complexity index is 1520. The molecule has 5 rings (SSSR count). The first-order valence-electron chi connectivity index (χ1n) is 12.7. The normalized spacial score (nSPS) is 14.7. The second kappa shape index (κ2) is 10.4. The Morgan fingerprint density at radius 3 is 2.74 bits per heavy atom. The molecular weight excluding hydrogens is 480 g/mol. The number of aliphatic imine (C=N–C) groups is 1. The highest BCUT2D eigenvalue weighted by molar-refractivity contribution is 6.06. The number of hydrogen-bond donors (Lipinski definition) is 4. The molecule has 0 radical (unpaired) electrons. The zero-order chi connectivity index (χ0) is 26.8. The number of amides is 1. The largest absolute Gasteiger partial charge is 0.508 e. The maximum Gasteiger partial charge on any atom is 0.217 e. The SMILES string of the molecule is CCc1cc(O)ccc1N=C(N)c1cnn2cc(-c3cnccc3N3CCC(NC(C)=O)CC3)cc2c1N. The van der Waals surface area contributed by atoms with Crippen molar-refractivity contribution < 1.29 is 9.90 Å². The van der Waals surface area contributed by atoms with Crippen LogP contribution < -0.4 is 21.7 Å². The molecule has 0 bridgehead atoms. The van der Waals surface area contributed by atoms with Gasteiger partial charge in [0, 0.05) is 61.5 Å². The number of hydrogen-bond acceptors (Lipinski definition) is 7. The molecule has 1 aliphatic heterocycles. The Morgan fingerprint density at radius 2 is 2.00 bits per heavy atom. The molecule has 1 saturated heterocycles. The van der Waals surface area contributed by atoms with Gasteiger partial charge in [-0.2, -0.15) is 5.10 Å². The number of carbonyl (C=O) groups is 1. The lowest BCUT2D eigenvalue weighted by atomic mass is 10.0. The van der Waals surface area contributed by atoms with Gasteiger partial charge in [0.15, 0.2) is 0 Å². The van der Waals surface area contributed by atoms with E-state index in [1.807, 2.05) is 31.5 Å².